The van der Waals surface area contributed by atoms with Crippen LogP contribution in [0.25, 0.3) is 0 Å². The second-order valence-corrected chi connectivity index (χ2v) is 7.58. The first-order valence-corrected chi connectivity index (χ1v) is 9.06. The first-order valence-electron chi connectivity index (χ1n) is 5.74. The lowest BCUT2D eigenvalue weighted by Gasteiger charge is -2.17. The summed E-state index contributed by atoms with van der Waals surface area (Å²) in [6, 6.07) is 3.59. The van der Waals surface area contributed by atoms with Crippen molar-refractivity contribution in [3.8, 4) is 11.5 Å². The molecule has 4 nitrogen and oxygen atoms in total. The van der Waals surface area contributed by atoms with Crippen LogP contribution in [0.4, 0.5) is 0 Å². The van der Waals surface area contributed by atoms with E-state index in [0.717, 1.165) is 5.56 Å². The van der Waals surface area contributed by atoms with E-state index in [2.05, 4.69) is 15.9 Å². The minimum atomic E-state index is -2.98. The molecule has 0 spiro atoms. The monoisotopic (exact) mass is 368 g/mol. The van der Waals surface area contributed by atoms with Crippen LogP contribution in [-0.2, 0) is 15.2 Å². The zero-order valence-electron chi connectivity index (χ0n) is 10.4. The van der Waals surface area contributed by atoms with Gasteiger partial charge in [0.05, 0.1) is 23.6 Å². The smallest absolute Gasteiger partial charge is 0.180 e. The third kappa shape index (κ3) is 3.55. The van der Waals surface area contributed by atoms with E-state index in [1.165, 1.54) is 7.11 Å². The molecule has 19 heavy (non-hydrogen) atoms. The molecule has 1 aromatic carbocycles. The number of rotatable bonds is 4. The Hall–Kier alpha value is -0.460. The highest BCUT2D eigenvalue weighted by Crippen LogP contribution is 2.38. The number of methoxy groups -OCH3 is 1. The van der Waals surface area contributed by atoms with Crippen LogP contribution in [0.15, 0.2) is 12.1 Å². The van der Waals surface area contributed by atoms with Gasteiger partial charge >= 0.3 is 0 Å². The number of sulfone groups is 1. The fourth-order valence-electron chi connectivity index (χ4n) is 1.99. The molecule has 0 aliphatic carbocycles. The average Bonchev–Trinajstić information content (AvgIpc) is 2.71. The molecule has 0 radical (unpaired) electrons. The maximum Gasteiger partial charge on any atom is 0.180 e. The molecule has 1 atom stereocenters. The zero-order valence-corrected chi connectivity index (χ0v) is 13.5. The minimum absolute atomic E-state index is 0.0344. The summed E-state index contributed by atoms with van der Waals surface area (Å²) in [5, 5.41) is 1.08. The van der Waals surface area contributed by atoms with Crippen LogP contribution in [0.2, 0.25) is 5.02 Å². The molecule has 106 valence electrons. The molecule has 1 aliphatic rings. The molecule has 7 heteroatoms. The van der Waals surface area contributed by atoms with Crippen molar-refractivity contribution in [1.82, 2.24) is 0 Å². The highest BCUT2D eigenvalue weighted by atomic mass is 79.9. The normalized spacial score (nSPS) is 21.3. The van der Waals surface area contributed by atoms with Crippen molar-refractivity contribution in [3.05, 3.63) is 22.7 Å². The lowest BCUT2D eigenvalue weighted by molar-refractivity contribution is 0.218. The lowest BCUT2D eigenvalue weighted by Crippen LogP contribution is -2.18. The van der Waals surface area contributed by atoms with Crippen LogP contribution in [-0.4, -0.2) is 33.1 Å². The molecule has 0 aromatic heterocycles. The quantitative estimate of drug-likeness (QED) is 0.766. The van der Waals surface area contributed by atoms with E-state index in [0.29, 0.717) is 28.3 Å². The summed E-state index contributed by atoms with van der Waals surface area (Å²) in [5.74, 6) is 1.13. The summed E-state index contributed by atoms with van der Waals surface area (Å²) < 4.78 is 33.8. The number of hydrogen-bond acceptors (Lipinski definition) is 4. The van der Waals surface area contributed by atoms with Gasteiger partial charge in [0.15, 0.2) is 21.3 Å². The number of hydrogen-bond donors (Lipinski definition) is 0. The summed E-state index contributed by atoms with van der Waals surface area (Å²) in [7, 11) is -1.45. The Morgan fingerprint density at radius 2 is 2.21 bits per heavy atom. The average molecular weight is 370 g/mol. The molecule has 1 aliphatic heterocycles. The van der Waals surface area contributed by atoms with E-state index >= 15 is 0 Å². The lowest BCUT2D eigenvalue weighted by atomic mass is 10.2. The molecule has 0 N–H and O–H groups in total. The molecule has 0 saturated carbocycles. The van der Waals surface area contributed by atoms with E-state index in [1.807, 2.05) is 6.07 Å². The number of halogens is 2. The second-order valence-electron chi connectivity index (χ2n) is 4.39. The van der Waals surface area contributed by atoms with Gasteiger partial charge in [-0.15, -0.1) is 0 Å². The Balaban J connectivity index is 2.25. The van der Waals surface area contributed by atoms with Gasteiger partial charge in [-0.25, -0.2) is 8.42 Å². The molecule has 0 amide bonds. The Kier molecular flexibility index (Phi) is 4.63. The van der Waals surface area contributed by atoms with Gasteiger partial charge < -0.3 is 9.47 Å². The molecule has 1 saturated heterocycles. The van der Waals surface area contributed by atoms with Gasteiger partial charge in [-0.2, -0.15) is 0 Å². The first kappa shape index (κ1) is 14.9. The van der Waals surface area contributed by atoms with Crippen molar-refractivity contribution in [2.45, 2.75) is 17.9 Å². The number of alkyl halides is 1. The largest absolute Gasteiger partial charge is 0.493 e. The topological polar surface area (TPSA) is 52.6 Å². The van der Waals surface area contributed by atoms with Crippen LogP contribution >= 0.6 is 27.5 Å². The molecule has 2 rings (SSSR count). The summed E-state index contributed by atoms with van der Waals surface area (Å²) in [4.78, 5) is 0. The fourth-order valence-corrected chi connectivity index (χ4v) is 4.18. The molecule has 1 unspecified atom stereocenters. The first-order chi connectivity index (χ1) is 8.95. The summed E-state index contributed by atoms with van der Waals surface area (Å²) in [5.41, 5.74) is 0.966. The Morgan fingerprint density at radius 3 is 2.74 bits per heavy atom. The predicted octanol–water partition coefficient (Wildman–Crippen LogP) is 2.81. The summed E-state index contributed by atoms with van der Waals surface area (Å²) in [6.45, 7) is 0. The van der Waals surface area contributed by atoms with Crippen molar-refractivity contribution < 1.29 is 17.9 Å². The van der Waals surface area contributed by atoms with E-state index < -0.39 is 9.84 Å². The Morgan fingerprint density at radius 1 is 1.47 bits per heavy atom. The van der Waals surface area contributed by atoms with Crippen molar-refractivity contribution in [2.75, 3.05) is 18.6 Å². The van der Waals surface area contributed by atoms with E-state index in [4.69, 9.17) is 21.1 Å². The highest BCUT2D eigenvalue weighted by molar-refractivity contribution is 9.08. The maximum atomic E-state index is 11.4. The van der Waals surface area contributed by atoms with Gasteiger partial charge in [-0.3, -0.25) is 0 Å². The predicted molar refractivity (Wildman–Crippen MR) is 78.3 cm³/mol. The Labute approximate surface area is 126 Å². The van der Waals surface area contributed by atoms with Crippen LogP contribution < -0.4 is 9.47 Å². The van der Waals surface area contributed by atoms with Crippen LogP contribution in [0.5, 0.6) is 11.5 Å². The van der Waals surface area contributed by atoms with Gasteiger partial charge in [0.25, 0.3) is 0 Å². The van der Waals surface area contributed by atoms with Crippen molar-refractivity contribution in [1.29, 1.82) is 0 Å². The minimum Gasteiger partial charge on any atom is -0.493 e. The van der Waals surface area contributed by atoms with Gasteiger partial charge in [0.1, 0.15) is 6.10 Å². The molecule has 1 fully saturated rings. The molecule has 1 heterocycles. The SMILES string of the molecule is COc1cc(CBr)cc(Cl)c1OC1CCS(=O)(=O)C1. The molecular weight excluding hydrogens is 356 g/mol. The van der Waals surface area contributed by atoms with E-state index in [-0.39, 0.29) is 17.6 Å². The highest BCUT2D eigenvalue weighted by Gasteiger charge is 2.30. The third-order valence-electron chi connectivity index (χ3n) is 2.92. The Bertz CT molecular complexity index is 573. The van der Waals surface area contributed by atoms with Crippen LogP contribution in [0.3, 0.4) is 0 Å². The second kappa shape index (κ2) is 5.89. The molecular formula is C12H14BrClO4S. The standard InChI is InChI=1S/C12H14BrClO4S/c1-17-11-5-8(6-13)4-10(14)12(11)18-9-2-3-19(15,16)7-9/h4-5,9H,2-3,6-7H2,1H3. The van der Waals surface area contributed by atoms with Crippen LogP contribution in [0.1, 0.15) is 12.0 Å². The third-order valence-corrected chi connectivity index (χ3v) is 5.58. The van der Waals surface area contributed by atoms with Crippen molar-refractivity contribution >= 4 is 37.4 Å². The van der Waals surface area contributed by atoms with Crippen molar-refractivity contribution in [2.24, 2.45) is 0 Å². The zero-order chi connectivity index (χ0) is 14.0. The number of benzene rings is 1. The van der Waals surface area contributed by atoms with Gasteiger partial charge in [-0.1, -0.05) is 27.5 Å². The molecule has 1 aromatic rings. The van der Waals surface area contributed by atoms with E-state index in [1.54, 1.807) is 6.07 Å². The fraction of sp³-hybridized carbons (Fsp3) is 0.500. The van der Waals surface area contributed by atoms with Crippen LogP contribution in [0, 0.1) is 0 Å². The van der Waals surface area contributed by atoms with Crippen molar-refractivity contribution in [3.63, 3.8) is 0 Å². The maximum absolute atomic E-state index is 11.4. The summed E-state index contributed by atoms with van der Waals surface area (Å²) >= 11 is 9.51. The molecule has 0 bridgehead atoms. The van der Waals surface area contributed by atoms with Gasteiger partial charge in [-0.05, 0) is 24.1 Å². The van der Waals surface area contributed by atoms with E-state index in [9.17, 15) is 8.42 Å². The van der Waals surface area contributed by atoms with Gasteiger partial charge in [0.2, 0.25) is 0 Å². The summed E-state index contributed by atoms with van der Waals surface area (Å²) in [6.07, 6.45) is 0.133. The van der Waals surface area contributed by atoms with Gasteiger partial charge in [0, 0.05) is 5.33 Å². The number of ether oxygens (including phenoxy) is 2.